The first-order valence-corrected chi connectivity index (χ1v) is 12.5. The van der Waals surface area contributed by atoms with E-state index in [0.29, 0.717) is 17.7 Å². The van der Waals surface area contributed by atoms with E-state index in [2.05, 4.69) is 43.5 Å². The average Bonchev–Trinajstić information content (AvgIpc) is 3.68. The van der Waals surface area contributed by atoms with Crippen molar-refractivity contribution in [2.24, 2.45) is 5.16 Å². The Bertz CT molecular complexity index is 1700. The van der Waals surface area contributed by atoms with Crippen LogP contribution >= 0.6 is 11.6 Å². The van der Waals surface area contributed by atoms with Crippen molar-refractivity contribution in [2.75, 3.05) is 0 Å². The lowest BCUT2D eigenvalue weighted by Gasteiger charge is -2.15. The number of carbonyl (C=O) groups is 2. The van der Waals surface area contributed by atoms with Crippen LogP contribution in [0, 0.1) is 5.82 Å². The topological polar surface area (TPSA) is 123 Å². The lowest BCUT2D eigenvalue weighted by atomic mass is 10.0. The number of benzene rings is 2. The molecule has 2 aliphatic rings. The third-order valence-electron chi connectivity index (χ3n) is 6.66. The van der Waals surface area contributed by atoms with Gasteiger partial charge in [0.2, 0.25) is 0 Å². The molecule has 6 rings (SSSR count). The van der Waals surface area contributed by atoms with Crippen molar-refractivity contribution in [3.8, 4) is 0 Å². The summed E-state index contributed by atoms with van der Waals surface area (Å²) >= 11 is 5.82. The van der Waals surface area contributed by atoms with Crippen LogP contribution < -0.4 is 10.6 Å². The molecular formula is C27H21ClFN7O3. The van der Waals surface area contributed by atoms with Gasteiger partial charge in [-0.1, -0.05) is 41.5 Å². The standard InChI is InChI=1S/C27H21ClFN7O3/c1-14-8-22(35-39-14)17-3-5-18-16(10-17)4-7-21(18)33-26(38)24-11-23(34-27-31-13-32-36(24)27)25(37)30-12-15-2-6-20(29)19(28)9-15/h2-3,5-6,9-11,13,21H,1,4,7-8,12H2,(H,30,37)(H,33,38)/t21-/m0/s1. The quantitative estimate of drug-likeness (QED) is 0.379. The number of hydrogen-bond acceptors (Lipinski definition) is 7. The Labute approximate surface area is 226 Å². The first kappa shape index (κ1) is 24.7. The SMILES string of the molecule is C=C1CC(c2ccc3c(c2)CC[C@@H]3NC(=O)c2cc(C(=O)NCc3ccc(F)c(Cl)c3)nc3ncnn23)=NO1. The second-order valence-corrected chi connectivity index (χ2v) is 9.66. The number of fused-ring (bicyclic) bond motifs is 2. The van der Waals surface area contributed by atoms with E-state index < -0.39 is 17.6 Å². The fourth-order valence-corrected chi connectivity index (χ4v) is 4.92. The smallest absolute Gasteiger partial charge is 0.270 e. The molecule has 2 amide bonds. The molecule has 196 valence electrons. The molecule has 0 bridgehead atoms. The summed E-state index contributed by atoms with van der Waals surface area (Å²) in [6.45, 7) is 3.89. The lowest BCUT2D eigenvalue weighted by molar-refractivity contribution is 0.0929. The number of nitrogens with zero attached hydrogens (tertiary/aromatic N) is 5. The fourth-order valence-electron chi connectivity index (χ4n) is 4.72. The number of halogens is 2. The van der Waals surface area contributed by atoms with Crippen molar-refractivity contribution in [1.29, 1.82) is 0 Å². The molecule has 0 fully saturated rings. The predicted molar refractivity (Wildman–Crippen MR) is 140 cm³/mol. The van der Waals surface area contributed by atoms with Gasteiger partial charge < -0.3 is 15.5 Å². The predicted octanol–water partition coefficient (Wildman–Crippen LogP) is 3.90. The van der Waals surface area contributed by atoms with Crippen molar-refractivity contribution in [3.05, 3.63) is 106 Å². The summed E-state index contributed by atoms with van der Waals surface area (Å²) in [6, 6.07) is 11.3. The minimum atomic E-state index is -0.546. The molecule has 0 unspecified atom stereocenters. The lowest BCUT2D eigenvalue weighted by Crippen LogP contribution is -2.30. The molecule has 2 aromatic carbocycles. The Morgan fingerprint density at radius 2 is 2.05 bits per heavy atom. The Kier molecular flexibility index (Phi) is 6.27. The van der Waals surface area contributed by atoms with Crippen LogP contribution in [0.2, 0.25) is 5.02 Å². The van der Waals surface area contributed by atoms with Crippen molar-refractivity contribution in [1.82, 2.24) is 30.2 Å². The molecule has 10 nitrogen and oxygen atoms in total. The maximum absolute atomic E-state index is 13.4. The molecule has 1 aliphatic carbocycles. The van der Waals surface area contributed by atoms with Gasteiger partial charge in [0.1, 0.15) is 29.3 Å². The van der Waals surface area contributed by atoms with Gasteiger partial charge in [-0.3, -0.25) is 9.59 Å². The number of aryl methyl sites for hydroxylation is 1. The summed E-state index contributed by atoms with van der Waals surface area (Å²) in [7, 11) is 0. The van der Waals surface area contributed by atoms with E-state index in [1.807, 2.05) is 12.1 Å². The van der Waals surface area contributed by atoms with E-state index in [1.165, 1.54) is 35.1 Å². The van der Waals surface area contributed by atoms with Crippen LogP contribution in [0.1, 0.15) is 62.1 Å². The number of rotatable bonds is 6. The monoisotopic (exact) mass is 545 g/mol. The third-order valence-corrected chi connectivity index (χ3v) is 6.95. The molecule has 4 aromatic rings. The number of nitrogens with one attached hydrogen (secondary N) is 2. The molecule has 39 heavy (non-hydrogen) atoms. The van der Waals surface area contributed by atoms with Gasteiger partial charge in [0.05, 0.1) is 23.2 Å². The number of amides is 2. The second kappa shape index (κ2) is 9.91. The van der Waals surface area contributed by atoms with Crippen molar-refractivity contribution in [2.45, 2.75) is 31.8 Å². The first-order valence-electron chi connectivity index (χ1n) is 12.1. The molecule has 0 saturated carbocycles. The molecule has 12 heteroatoms. The maximum Gasteiger partial charge on any atom is 0.270 e. The Morgan fingerprint density at radius 3 is 2.85 bits per heavy atom. The van der Waals surface area contributed by atoms with Gasteiger partial charge in [-0.05, 0) is 47.7 Å². The van der Waals surface area contributed by atoms with Crippen LogP contribution in [0.25, 0.3) is 5.78 Å². The van der Waals surface area contributed by atoms with Gasteiger partial charge in [-0.15, -0.1) is 0 Å². The fraction of sp³-hybridized carbons (Fsp3) is 0.185. The van der Waals surface area contributed by atoms with E-state index in [4.69, 9.17) is 16.4 Å². The van der Waals surface area contributed by atoms with Crippen LogP contribution in [0.4, 0.5) is 4.39 Å². The number of carbonyl (C=O) groups excluding carboxylic acids is 2. The van der Waals surface area contributed by atoms with Gasteiger partial charge in [-0.2, -0.15) is 14.6 Å². The van der Waals surface area contributed by atoms with E-state index in [-0.39, 0.29) is 34.8 Å². The molecule has 0 radical (unpaired) electrons. The van der Waals surface area contributed by atoms with E-state index in [9.17, 15) is 14.0 Å². The van der Waals surface area contributed by atoms with Crippen molar-refractivity contribution < 1.29 is 18.8 Å². The summed E-state index contributed by atoms with van der Waals surface area (Å²) < 4.78 is 14.7. The highest BCUT2D eigenvalue weighted by Gasteiger charge is 2.27. The van der Waals surface area contributed by atoms with Crippen molar-refractivity contribution in [3.63, 3.8) is 0 Å². The van der Waals surface area contributed by atoms with Crippen LogP contribution in [0.3, 0.4) is 0 Å². The summed E-state index contributed by atoms with van der Waals surface area (Å²) in [6.07, 6.45) is 3.35. The highest BCUT2D eigenvalue weighted by atomic mass is 35.5. The van der Waals surface area contributed by atoms with Crippen molar-refractivity contribution >= 4 is 34.9 Å². The Hall–Kier alpha value is -4.64. The molecule has 2 aromatic heterocycles. The zero-order valence-corrected chi connectivity index (χ0v) is 21.2. The Morgan fingerprint density at radius 1 is 1.18 bits per heavy atom. The molecule has 2 N–H and O–H groups in total. The first-order chi connectivity index (χ1) is 18.9. The summed E-state index contributed by atoms with van der Waals surface area (Å²) in [4.78, 5) is 39.7. The molecule has 1 aliphatic heterocycles. The highest BCUT2D eigenvalue weighted by molar-refractivity contribution is 6.30. The zero-order valence-electron chi connectivity index (χ0n) is 20.4. The van der Waals surface area contributed by atoms with E-state index >= 15 is 0 Å². The van der Waals surface area contributed by atoms with Crippen LogP contribution in [-0.4, -0.2) is 37.1 Å². The van der Waals surface area contributed by atoms with Gasteiger partial charge >= 0.3 is 0 Å². The molecule has 0 saturated heterocycles. The molecule has 3 heterocycles. The maximum atomic E-state index is 13.4. The largest absolute Gasteiger partial charge is 0.361 e. The van der Waals surface area contributed by atoms with Crippen LogP contribution in [0.5, 0.6) is 0 Å². The summed E-state index contributed by atoms with van der Waals surface area (Å²) in [5.41, 5.74) is 4.66. The van der Waals surface area contributed by atoms with E-state index in [0.717, 1.165) is 35.2 Å². The van der Waals surface area contributed by atoms with Gasteiger partial charge in [0.25, 0.3) is 17.6 Å². The molecular weight excluding hydrogens is 525 g/mol. The normalized spacial score (nSPS) is 16.1. The Balaban J connectivity index is 1.20. The highest BCUT2D eigenvalue weighted by Crippen LogP contribution is 2.33. The zero-order chi connectivity index (χ0) is 27.1. The number of oxime groups is 1. The second-order valence-electron chi connectivity index (χ2n) is 9.25. The number of aromatic nitrogens is 4. The summed E-state index contributed by atoms with van der Waals surface area (Å²) in [5, 5.41) is 13.9. The van der Waals surface area contributed by atoms with Crippen LogP contribution in [0.15, 0.2) is 66.3 Å². The van der Waals surface area contributed by atoms with Gasteiger partial charge in [0, 0.05) is 18.2 Å². The number of hydrogen-bond donors (Lipinski definition) is 2. The average molecular weight is 546 g/mol. The van der Waals surface area contributed by atoms with Gasteiger partial charge in [-0.25, -0.2) is 9.37 Å². The molecule has 0 spiro atoms. The third kappa shape index (κ3) is 4.84. The van der Waals surface area contributed by atoms with Crippen LogP contribution in [-0.2, 0) is 17.8 Å². The number of allylic oxidation sites excluding steroid dienone is 1. The summed E-state index contributed by atoms with van der Waals surface area (Å²) in [5.74, 6) is -0.777. The minimum absolute atomic E-state index is 0.00790. The van der Waals surface area contributed by atoms with E-state index in [1.54, 1.807) is 0 Å². The van der Waals surface area contributed by atoms with Gasteiger partial charge in [0.15, 0.2) is 0 Å². The minimum Gasteiger partial charge on any atom is -0.361 e. The molecule has 1 atom stereocenters.